The highest BCUT2D eigenvalue weighted by Gasteiger charge is 2.42. The molecule has 2 atom stereocenters. The lowest BCUT2D eigenvalue weighted by atomic mass is 10.0. The third kappa shape index (κ3) is 4.48. The van der Waals surface area contributed by atoms with E-state index in [0.717, 1.165) is 22.7 Å². The van der Waals surface area contributed by atoms with Crippen LogP contribution in [-0.4, -0.2) is 27.8 Å². The van der Waals surface area contributed by atoms with Gasteiger partial charge in [-0.15, -0.1) is 0 Å². The van der Waals surface area contributed by atoms with Gasteiger partial charge in [0.15, 0.2) is 5.11 Å². The Morgan fingerprint density at radius 3 is 2.51 bits per heavy atom. The zero-order valence-electron chi connectivity index (χ0n) is 18.9. The van der Waals surface area contributed by atoms with Crippen molar-refractivity contribution in [3.63, 3.8) is 0 Å². The van der Waals surface area contributed by atoms with Gasteiger partial charge < -0.3 is 24.5 Å². The summed E-state index contributed by atoms with van der Waals surface area (Å²) < 4.78 is 11.9. The van der Waals surface area contributed by atoms with Crippen LogP contribution in [0.4, 0.5) is 5.69 Å². The molecule has 176 valence electrons. The van der Waals surface area contributed by atoms with Crippen molar-refractivity contribution in [2.45, 2.75) is 19.0 Å². The van der Waals surface area contributed by atoms with Crippen LogP contribution >= 0.6 is 12.2 Å². The number of pyridine rings is 1. The number of carboxylic acids is 1. The quantitative estimate of drug-likeness (QED) is 0.326. The lowest BCUT2D eigenvalue weighted by Gasteiger charge is -2.26. The molecule has 7 nitrogen and oxygen atoms in total. The Bertz CT molecular complexity index is 1340. The number of aromatic nitrogens is 1. The molecule has 2 N–H and O–H groups in total. The smallest absolute Gasteiger partial charge is 0.335 e. The van der Waals surface area contributed by atoms with Crippen molar-refractivity contribution in [3.8, 4) is 17.1 Å². The standard InChI is InChI=1S/C27H23N3O4S/c1-2-33-20-12-10-19(11-13-20)30-25(24(29-27(30)35)21-5-3-4-16-28-21)23-15-14-22(34-23)17-6-8-18(9-7-17)26(31)32/h3-16,24-25H,2H2,1H3,(H,29,35)(H,31,32)/t24-,25-/m0/s1. The van der Waals surface area contributed by atoms with Gasteiger partial charge in [-0.2, -0.15) is 0 Å². The van der Waals surface area contributed by atoms with Crippen molar-refractivity contribution in [3.05, 3.63) is 102 Å². The average molecular weight is 486 g/mol. The van der Waals surface area contributed by atoms with E-state index in [0.29, 0.717) is 23.2 Å². The number of hydrogen-bond donors (Lipinski definition) is 2. The molecule has 1 aliphatic heterocycles. The van der Waals surface area contributed by atoms with Gasteiger partial charge in [0.1, 0.15) is 23.3 Å². The molecule has 35 heavy (non-hydrogen) atoms. The van der Waals surface area contributed by atoms with Gasteiger partial charge in [-0.1, -0.05) is 18.2 Å². The Morgan fingerprint density at radius 1 is 1.09 bits per heavy atom. The number of nitrogens with one attached hydrogen (secondary N) is 1. The second-order valence-electron chi connectivity index (χ2n) is 8.01. The van der Waals surface area contributed by atoms with Gasteiger partial charge in [-0.25, -0.2) is 4.79 Å². The van der Waals surface area contributed by atoms with E-state index in [-0.39, 0.29) is 17.6 Å². The van der Waals surface area contributed by atoms with Crippen molar-refractivity contribution in [1.82, 2.24) is 10.3 Å². The van der Waals surface area contributed by atoms with Crippen molar-refractivity contribution in [2.24, 2.45) is 0 Å². The van der Waals surface area contributed by atoms with Crippen LogP contribution in [0.15, 0.2) is 89.5 Å². The third-order valence-corrected chi connectivity index (χ3v) is 6.17. The number of hydrogen-bond acceptors (Lipinski definition) is 5. The van der Waals surface area contributed by atoms with Gasteiger partial charge in [0.05, 0.1) is 23.9 Å². The van der Waals surface area contributed by atoms with Crippen LogP contribution in [0.2, 0.25) is 0 Å². The van der Waals surface area contributed by atoms with Crippen LogP contribution in [-0.2, 0) is 0 Å². The molecule has 4 aromatic rings. The first kappa shape index (κ1) is 22.6. The minimum absolute atomic E-state index is 0.225. The second kappa shape index (κ2) is 9.60. The minimum atomic E-state index is -0.966. The highest BCUT2D eigenvalue weighted by Crippen LogP contribution is 2.43. The number of ether oxygens (including phenoxy) is 1. The summed E-state index contributed by atoms with van der Waals surface area (Å²) in [6, 6.07) is 23.5. The number of anilines is 1. The fraction of sp³-hybridized carbons (Fsp3) is 0.148. The van der Waals surface area contributed by atoms with Crippen molar-refractivity contribution < 1.29 is 19.1 Å². The number of thiocarbonyl (C=S) groups is 1. The van der Waals surface area contributed by atoms with Crippen molar-refractivity contribution in [1.29, 1.82) is 0 Å². The molecule has 0 radical (unpaired) electrons. The van der Waals surface area contributed by atoms with Crippen molar-refractivity contribution in [2.75, 3.05) is 11.5 Å². The molecule has 0 unspecified atom stereocenters. The van der Waals surface area contributed by atoms with E-state index in [4.69, 9.17) is 21.4 Å². The molecular formula is C27H23N3O4S. The van der Waals surface area contributed by atoms with Gasteiger partial charge in [0.25, 0.3) is 0 Å². The highest BCUT2D eigenvalue weighted by molar-refractivity contribution is 7.80. The summed E-state index contributed by atoms with van der Waals surface area (Å²) in [5.74, 6) is 1.17. The van der Waals surface area contributed by atoms with E-state index in [9.17, 15) is 9.90 Å². The lowest BCUT2D eigenvalue weighted by Crippen LogP contribution is -2.29. The zero-order chi connectivity index (χ0) is 24.4. The van der Waals surface area contributed by atoms with Gasteiger partial charge >= 0.3 is 5.97 Å². The monoisotopic (exact) mass is 485 g/mol. The third-order valence-electron chi connectivity index (χ3n) is 5.86. The number of aromatic carboxylic acids is 1. The van der Waals surface area contributed by atoms with Crippen molar-refractivity contribution >= 4 is 29.0 Å². The summed E-state index contributed by atoms with van der Waals surface area (Å²) in [5.41, 5.74) is 2.76. The minimum Gasteiger partial charge on any atom is -0.494 e. The topological polar surface area (TPSA) is 87.8 Å². The summed E-state index contributed by atoms with van der Waals surface area (Å²) in [5, 5.41) is 13.2. The van der Waals surface area contributed by atoms with Crippen LogP contribution in [0.3, 0.4) is 0 Å². The first-order valence-electron chi connectivity index (χ1n) is 11.2. The first-order chi connectivity index (χ1) is 17.0. The maximum Gasteiger partial charge on any atom is 0.335 e. The van der Waals surface area contributed by atoms with E-state index in [2.05, 4.69) is 10.3 Å². The number of carboxylic acid groups (broad SMARTS) is 1. The van der Waals surface area contributed by atoms with Crippen LogP contribution in [0, 0.1) is 0 Å². The molecule has 0 saturated carbocycles. The van der Waals surface area contributed by atoms with E-state index < -0.39 is 5.97 Å². The molecule has 0 bridgehead atoms. The molecule has 3 heterocycles. The van der Waals surface area contributed by atoms with E-state index >= 15 is 0 Å². The van der Waals surface area contributed by atoms with Gasteiger partial charge in [0.2, 0.25) is 0 Å². The Balaban J connectivity index is 1.53. The molecule has 0 aliphatic carbocycles. The maximum absolute atomic E-state index is 11.2. The van der Waals surface area contributed by atoms with Crippen LogP contribution in [0.25, 0.3) is 11.3 Å². The molecule has 1 aliphatic rings. The van der Waals surface area contributed by atoms with Crippen LogP contribution < -0.4 is 15.0 Å². The molecule has 1 saturated heterocycles. The zero-order valence-corrected chi connectivity index (χ0v) is 19.7. The second-order valence-corrected chi connectivity index (χ2v) is 8.39. The average Bonchev–Trinajstić information content (AvgIpc) is 3.50. The summed E-state index contributed by atoms with van der Waals surface area (Å²) >= 11 is 5.76. The Morgan fingerprint density at radius 2 is 1.86 bits per heavy atom. The van der Waals surface area contributed by atoms with E-state index in [1.54, 1.807) is 30.5 Å². The Hall–Kier alpha value is -4.17. The number of nitrogens with zero attached hydrogens (tertiary/aromatic N) is 2. The Labute approximate surface area is 208 Å². The molecule has 0 spiro atoms. The van der Waals surface area contributed by atoms with Crippen LogP contribution in [0.1, 0.15) is 40.8 Å². The number of furan rings is 1. The predicted octanol–water partition coefficient (Wildman–Crippen LogP) is 5.62. The fourth-order valence-electron chi connectivity index (χ4n) is 4.24. The van der Waals surface area contributed by atoms with E-state index in [1.165, 1.54) is 0 Å². The molecule has 2 aromatic carbocycles. The molecule has 1 fully saturated rings. The fourth-order valence-corrected chi connectivity index (χ4v) is 4.58. The van der Waals surface area contributed by atoms with Crippen LogP contribution in [0.5, 0.6) is 5.75 Å². The number of rotatable bonds is 7. The molecule has 5 rings (SSSR count). The summed E-state index contributed by atoms with van der Waals surface area (Å²) in [6.45, 7) is 2.54. The number of benzene rings is 2. The predicted molar refractivity (Wildman–Crippen MR) is 137 cm³/mol. The van der Waals surface area contributed by atoms with Gasteiger partial charge in [0, 0.05) is 17.4 Å². The van der Waals surface area contributed by atoms with Gasteiger partial charge in [-0.05, 0) is 79.8 Å². The maximum atomic E-state index is 11.2. The Kier molecular flexibility index (Phi) is 6.20. The number of carbonyl (C=O) groups is 1. The molecule has 2 aromatic heterocycles. The summed E-state index contributed by atoms with van der Waals surface area (Å²) in [6.07, 6.45) is 1.76. The molecular weight excluding hydrogens is 462 g/mol. The lowest BCUT2D eigenvalue weighted by molar-refractivity contribution is 0.0697. The SMILES string of the molecule is CCOc1ccc(N2C(=S)N[C@@H](c3ccccn3)[C@@H]2c2ccc(-c3ccc(C(=O)O)cc3)o2)cc1. The molecule has 0 amide bonds. The first-order valence-corrected chi connectivity index (χ1v) is 11.6. The normalized spacial score (nSPS) is 17.3. The van der Waals surface area contributed by atoms with Gasteiger partial charge in [-0.3, -0.25) is 4.98 Å². The highest BCUT2D eigenvalue weighted by atomic mass is 32.1. The summed E-state index contributed by atoms with van der Waals surface area (Å²) in [7, 11) is 0. The summed E-state index contributed by atoms with van der Waals surface area (Å²) in [4.78, 5) is 17.8. The van der Waals surface area contributed by atoms with E-state index in [1.807, 2.05) is 66.4 Å². The molecule has 8 heteroatoms. The largest absolute Gasteiger partial charge is 0.494 e.